The van der Waals surface area contributed by atoms with E-state index in [9.17, 15) is 4.79 Å². The second kappa shape index (κ2) is 4.88. The molecule has 0 bridgehead atoms. The molecule has 0 fully saturated rings. The topological polar surface area (TPSA) is 63.4 Å². The van der Waals surface area contributed by atoms with Crippen molar-refractivity contribution in [2.75, 3.05) is 13.7 Å². The van der Waals surface area contributed by atoms with E-state index in [1.165, 1.54) is 0 Å². The lowest BCUT2D eigenvalue weighted by Crippen LogP contribution is -2.23. The summed E-state index contributed by atoms with van der Waals surface area (Å²) < 4.78 is 5.11. The van der Waals surface area contributed by atoms with E-state index in [1.54, 1.807) is 20.1 Å². The van der Waals surface area contributed by atoms with Crippen LogP contribution in [-0.4, -0.2) is 24.6 Å². The lowest BCUT2D eigenvalue weighted by atomic mass is 10.2. The second-order valence-electron chi connectivity index (χ2n) is 3.50. The molecule has 1 heterocycles. The van der Waals surface area contributed by atoms with Crippen LogP contribution in [0.25, 0.3) is 10.9 Å². The first-order valence-corrected chi connectivity index (χ1v) is 5.33. The second-order valence-corrected chi connectivity index (χ2v) is 3.50. The molecule has 2 rings (SSSR count). The zero-order chi connectivity index (χ0) is 12.3. The summed E-state index contributed by atoms with van der Waals surface area (Å²) in [7, 11) is 1.60. The molecule has 5 heteroatoms. The van der Waals surface area contributed by atoms with Crippen molar-refractivity contribution in [3.05, 3.63) is 30.0 Å². The van der Waals surface area contributed by atoms with E-state index in [1.807, 2.05) is 18.2 Å². The first kappa shape index (κ1) is 11.5. The van der Waals surface area contributed by atoms with E-state index in [-0.39, 0.29) is 5.91 Å². The van der Waals surface area contributed by atoms with E-state index in [0.717, 1.165) is 16.7 Å². The predicted molar refractivity (Wildman–Crippen MR) is 63.9 cm³/mol. The third kappa shape index (κ3) is 2.39. The molecule has 0 aliphatic rings. The fourth-order valence-electron chi connectivity index (χ4n) is 1.55. The highest BCUT2D eigenvalue weighted by Gasteiger charge is 2.09. The summed E-state index contributed by atoms with van der Waals surface area (Å²) in [4.78, 5) is 19.5. The van der Waals surface area contributed by atoms with Crippen LogP contribution in [0.3, 0.4) is 0 Å². The number of carbonyl (C=O) groups excluding carboxylic acids is 1. The minimum absolute atomic E-state index is 0.290. The van der Waals surface area contributed by atoms with Gasteiger partial charge in [0.05, 0.1) is 13.7 Å². The minimum Gasteiger partial charge on any atom is -0.497 e. The van der Waals surface area contributed by atoms with Gasteiger partial charge in [0.15, 0.2) is 0 Å². The van der Waals surface area contributed by atoms with Gasteiger partial charge in [-0.25, -0.2) is 5.48 Å². The van der Waals surface area contributed by atoms with Crippen LogP contribution in [0.4, 0.5) is 0 Å². The number of hydrogen-bond donors (Lipinski definition) is 2. The third-order valence-corrected chi connectivity index (χ3v) is 2.38. The first-order chi connectivity index (χ1) is 8.24. The maximum absolute atomic E-state index is 11.6. The summed E-state index contributed by atoms with van der Waals surface area (Å²) in [6.45, 7) is 2.23. The van der Waals surface area contributed by atoms with E-state index in [0.29, 0.717) is 12.3 Å². The normalized spacial score (nSPS) is 10.5. The van der Waals surface area contributed by atoms with Gasteiger partial charge in [-0.3, -0.25) is 9.63 Å². The Balaban J connectivity index is 2.28. The number of carbonyl (C=O) groups is 1. The van der Waals surface area contributed by atoms with Crippen LogP contribution in [0, 0.1) is 0 Å². The van der Waals surface area contributed by atoms with Crippen molar-refractivity contribution in [1.29, 1.82) is 0 Å². The molecule has 0 spiro atoms. The van der Waals surface area contributed by atoms with Crippen LogP contribution in [0.5, 0.6) is 5.75 Å². The number of fused-ring (bicyclic) bond motifs is 1. The number of aromatic amines is 1. The molecular formula is C12H14N2O3. The number of aromatic nitrogens is 1. The molecule has 5 nitrogen and oxygen atoms in total. The van der Waals surface area contributed by atoms with Crippen molar-refractivity contribution in [3.63, 3.8) is 0 Å². The van der Waals surface area contributed by atoms with Crippen molar-refractivity contribution in [1.82, 2.24) is 10.5 Å². The Morgan fingerprint density at radius 3 is 2.94 bits per heavy atom. The molecule has 0 saturated carbocycles. The average Bonchev–Trinajstić information content (AvgIpc) is 2.78. The quantitative estimate of drug-likeness (QED) is 0.794. The van der Waals surface area contributed by atoms with E-state index >= 15 is 0 Å². The molecule has 1 aromatic carbocycles. The van der Waals surface area contributed by atoms with Gasteiger partial charge in [0.25, 0.3) is 5.91 Å². The highest BCUT2D eigenvalue weighted by atomic mass is 16.6. The smallest absolute Gasteiger partial charge is 0.291 e. The zero-order valence-corrected chi connectivity index (χ0v) is 9.74. The molecule has 0 aliphatic heterocycles. The highest BCUT2D eigenvalue weighted by molar-refractivity contribution is 5.97. The van der Waals surface area contributed by atoms with E-state index < -0.39 is 0 Å². The predicted octanol–water partition coefficient (Wildman–Crippen LogP) is 1.86. The van der Waals surface area contributed by atoms with Gasteiger partial charge in [0.1, 0.15) is 11.4 Å². The van der Waals surface area contributed by atoms with Crippen molar-refractivity contribution in [2.24, 2.45) is 0 Å². The van der Waals surface area contributed by atoms with Crippen LogP contribution >= 0.6 is 0 Å². The van der Waals surface area contributed by atoms with Gasteiger partial charge >= 0.3 is 0 Å². The summed E-state index contributed by atoms with van der Waals surface area (Å²) in [5.41, 5.74) is 3.65. The van der Waals surface area contributed by atoms with Gasteiger partial charge in [-0.15, -0.1) is 0 Å². The van der Waals surface area contributed by atoms with Crippen LogP contribution in [-0.2, 0) is 4.84 Å². The first-order valence-electron chi connectivity index (χ1n) is 5.33. The number of hydrogen-bond acceptors (Lipinski definition) is 3. The molecule has 0 saturated heterocycles. The van der Waals surface area contributed by atoms with Crippen LogP contribution < -0.4 is 10.2 Å². The summed E-state index contributed by atoms with van der Waals surface area (Å²) in [5.74, 6) is 0.457. The Morgan fingerprint density at radius 2 is 2.24 bits per heavy atom. The number of nitrogens with one attached hydrogen (secondary N) is 2. The lowest BCUT2D eigenvalue weighted by Gasteiger charge is -2.00. The summed E-state index contributed by atoms with van der Waals surface area (Å²) in [5, 5.41) is 0.951. The lowest BCUT2D eigenvalue weighted by molar-refractivity contribution is 0.0360. The van der Waals surface area contributed by atoms with Gasteiger partial charge in [0.2, 0.25) is 0 Å². The molecule has 0 aliphatic carbocycles. The Hall–Kier alpha value is -2.01. The molecule has 1 aromatic heterocycles. The average molecular weight is 234 g/mol. The zero-order valence-electron chi connectivity index (χ0n) is 9.74. The summed E-state index contributed by atoms with van der Waals surface area (Å²) in [6.07, 6.45) is 0. The maximum Gasteiger partial charge on any atom is 0.291 e. The van der Waals surface area contributed by atoms with Gasteiger partial charge in [-0.2, -0.15) is 0 Å². The Morgan fingerprint density at radius 1 is 1.41 bits per heavy atom. The molecule has 0 radical (unpaired) electrons. The van der Waals surface area contributed by atoms with Crippen LogP contribution in [0.15, 0.2) is 24.3 Å². The Kier molecular flexibility index (Phi) is 3.30. The monoisotopic (exact) mass is 234 g/mol. The molecule has 17 heavy (non-hydrogen) atoms. The largest absolute Gasteiger partial charge is 0.497 e. The fraction of sp³-hybridized carbons (Fsp3) is 0.250. The molecule has 90 valence electrons. The van der Waals surface area contributed by atoms with Crippen molar-refractivity contribution in [2.45, 2.75) is 6.92 Å². The van der Waals surface area contributed by atoms with Gasteiger partial charge < -0.3 is 9.72 Å². The Labute approximate surface area is 98.7 Å². The van der Waals surface area contributed by atoms with E-state index in [4.69, 9.17) is 9.57 Å². The number of rotatable bonds is 4. The number of hydroxylamine groups is 1. The highest BCUT2D eigenvalue weighted by Crippen LogP contribution is 2.21. The maximum atomic E-state index is 11.6. The molecular weight excluding hydrogens is 220 g/mol. The van der Waals surface area contributed by atoms with Gasteiger partial charge in [-0.1, -0.05) is 0 Å². The van der Waals surface area contributed by atoms with E-state index in [2.05, 4.69) is 10.5 Å². The minimum atomic E-state index is -0.290. The molecule has 0 unspecified atom stereocenters. The fourth-order valence-corrected chi connectivity index (χ4v) is 1.55. The van der Waals surface area contributed by atoms with Crippen LogP contribution in [0.1, 0.15) is 17.4 Å². The summed E-state index contributed by atoms with van der Waals surface area (Å²) in [6, 6.07) is 7.35. The molecule has 2 aromatic rings. The molecule has 0 atom stereocenters. The molecule has 2 N–H and O–H groups in total. The van der Waals surface area contributed by atoms with Gasteiger partial charge in [0, 0.05) is 17.0 Å². The van der Waals surface area contributed by atoms with Crippen molar-refractivity contribution >= 4 is 16.8 Å². The number of ether oxygens (including phenoxy) is 1. The van der Waals surface area contributed by atoms with Crippen molar-refractivity contribution < 1.29 is 14.4 Å². The molecule has 1 amide bonds. The Bertz CT molecular complexity index is 534. The third-order valence-electron chi connectivity index (χ3n) is 2.38. The number of H-pyrrole nitrogens is 1. The number of benzene rings is 1. The van der Waals surface area contributed by atoms with Crippen LogP contribution in [0.2, 0.25) is 0 Å². The number of amides is 1. The van der Waals surface area contributed by atoms with Crippen molar-refractivity contribution in [3.8, 4) is 5.75 Å². The summed E-state index contributed by atoms with van der Waals surface area (Å²) >= 11 is 0. The SMILES string of the molecule is CCONC(=O)c1cc2ccc(OC)cc2[nH]1. The number of methoxy groups -OCH3 is 1. The van der Waals surface area contributed by atoms with Gasteiger partial charge in [-0.05, 0) is 25.1 Å². The standard InChI is InChI=1S/C12H14N2O3/c1-3-17-14-12(15)11-6-8-4-5-9(16-2)7-10(8)13-11/h4-7,13H,3H2,1-2H3,(H,14,15).